The molecule has 0 radical (unpaired) electrons. The lowest BCUT2D eigenvalue weighted by Gasteiger charge is -2.31. The summed E-state index contributed by atoms with van der Waals surface area (Å²) in [5.41, 5.74) is 2.09. The van der Waals surface area contributed by atoms with Crippen molar-refractivity contribution in [2.45, 2.75) is 18.5 Å². The molecule has 1 aromatic heterocycles. The standard InChI is InChI=1S/C20H23N5O4/c1-26-16-7-5-12(9-18(16)28-3)14-11-15(25-20(21-14)22-23-24-25)13-6-8-17(27-2)19(10-13)29-4/h5-10,14-15H,11H2,1-4H3,(H,21,22,24)/t14-,15-/m1/s1. The monoisotopic (exact) mass is 397 g/mol. The minimum atomic E-state index is -0.0702. The van der Waals surface area contributed by atoms with E-state index in [2.05, 4.69) is 20.8 Å². The smallest absolute Gasteiger partial charge is 0.243 e. The van der Waals surface area contributed by atoms with Crippen LogP contribution in [-0.4, -0.2) is 48.6 Å². The molecule has 9 nitrogen and oxygen atoms in total. The van der Waals surface area contributed by atoms with Crippen molar-refractivity contribution in [1.82, 2.24) is 20.2 Å². The fourth-order valence-corrected chi connectivity index (χ4v) is 3.66. The fourth-order valence-electron chi connectivity index (χ4n) is 3.66. The van der Waals surface area contributed by atoms with E-state index < -0.39 is 0 Å². The van der Waals surface area contributed by atoms with E-state index in [1.165, 1.54) is 0 Å². The van der Waals surface area contributed by atoms with E-state index in [1.54, 1.807) is 33.1 Å². The van der Waals surface area contributed by atoms with Gasteiger partial charge >= 0.3 is 0 Å². The molecule has 0 bridgehead atoms. The van der Waals surface area contributed by atoms with Gasteiger partial charge in [-0.2, -0.15) is 0 Å². The van der Waals surface area contributed by atoms with E-state index in [0.717, 1.165) is 17.5 Å². The van der Waals surface area contributed by atoms with Gasteiger partial charge in [0.2, 0.25) is 5.95 Å². The van der Waals surface area contributed by atoms with Crippen molar-refractivity contribution >= 4 is 5.95 Å². The highest BCUT2D eigenvalue weighted by Crippen LogP contribution is 2.41. The minimum Gasteiger partial charge on any atom is -0.493 e. The molecule has 2 heterocycles. The molecule has 0 fully saturated rings. The van der Waals surface area contributed by atoms with Crippen LogP contribution >= 0.6 is 0 Å². The van der Waals surface area contributed by atoms with E-state index in [4.69, 9.17) is 18.9 Å². The molecule has 9 heteroatoms. The molecular formula is C20H23N5O4. The Balaban J connectivity index is 1.72. The summed E-state index contributed by atoms with van der Waals surface area (Å²) >= 11 is 0. The van der Waals surface area contributed by atoms with Crippen LogP contribution in [0, 0.1) is 0 Å². The second-order valence-electron chi connectivity index (χ2n) is 6.62. The van der Waals surface area contributed by atoms with E-state index in [0.29, 0.717) is 28.9 Å². The Bertz CT molecular complexity index is 1010. The highest BCUT2D eigenvalue weighted by atomic mass is 16.5. The molecule has 1 aliphatic rings. The number of anilines is 1. The number of ether oxygens (including phenoxy) is 4. The molecule has 3 aromatic rings. The Morgan fingerprint density at radius 2 is 1.41 bits per heavy atom. The number of tetrazole rings is 1. The first kappa shape index (κ1) is 18.9. The molecule has 4 rings (SSSR count). The van der Waals surface area contributed by atoms with Gasteiger partial charge in [-0.05, 0) is 52.2 Å². The second-order valence-corrected chi connectivity index (χ2v) is 6.62. The van der Waals surface area contributed by atoms with Crippen LogP contribution in [0.4, 0.5) is 5.95 Å². The highest BCUT2D eigenvalue weighted by molar-refractivity contribution is 5.48. The topological polar surface area (TPSA) is 92.5 Å². The maximum atomic E-state index is 5.47. The summed E-state index contributed by atoms with van der Waals surface area (Å²) in [6.45, 7) is 0. The zero-order valence-electron chi connectivity index (χ0n) is 16.7. The number of methoxy groups -OCH3 is 4. The second kappa shape index (κ2) is 7.86. The lowest BCUT2D eigenvalue weighted by atomic mass is 9.93. The molecule has 2 atom stereocenters. The van der Waals surface area contributed by atoms with Gasteiger partial charge in [0.15, 0.2) is 23.0 Å². The average Bonchev–Trinajstić information content (AvgIpc) is 3.26. The van der Waals surface area contributed by atoms with Crippen LogP contribution in [0.25, 0.3) is 0 Å². The van der Waals surface area contributed by atoms with Crippen LogP contribution in [0.15, 0.2) is 36.4 Å². The molecule has 0 saturated heterocycles. The maximum Gasteiger partial charge on any atom is 0.243 e. The van der Waals surface area contributed by atoms with E-state index in [1.807, 2.05) is 36.4 Å². The first-order chi connectivity index (χ1) is 14.2. The zero-order valence-corrected chi connectivity index (χ0v) is 16.7. The third-order valence-corrected chi connectivity index (χ3v) is 5.15. The predicted molar refractivity (Wildman–Crippen MR) is 106 cm³/mol. The van der Waals surface area contributed by atoms with Crippen LogP contribution in [0.1, 0.15) is 29.6 Å². The molecule has 0 spiro atoms. The van der Waals surface area contributed by atoms with Gasteiger partial charge in [-0.3, -0.25) is 0 Å². The Hall–Kier alpha value is -3.49. The van der Waals surface area contributed by atoms with Crippen molar-refractivity contribution in [3.8, 4) is 23.0 Å². The molecular weight excluding hydrogens is 374 g/mol. The first-order valence-corrected chi connectivity index (χ1v) is 9.16. The Morgan fingerprint density at radius 1 is 0.828 bits per heavy atom. The quantitative estimate of drug-likeness (QED) is 0.679. The predicted octanol–water partition coefficient (Wildman–Crippen LogP) is 2.85. The van der Waals surface area contributed by atoms with Gasteiger partial charge in [0, 0.05) is 0 Å². The summed E-state index contributed by atoms with van der Waals surface area (Å²) in [7, 11) is 6.49. The van der Waals surface area contributed by atoms with Gasteiger partial charge in [-0.25, -0.2) is 4.68 Å². The van der Waals surface area contributed by atoms with Gasteiger partial charge in [0.05, 0.1) is 40.5 Å². The summed E-state index contributed by atoms with van der Waals surface area (Å²) in [5.74, 6) is 3.32. The SMILES string of the molecule is COc1ccc([C@H]2C[C@H](c3ccc(OC)c(OC)c3)Nc3nnnn32)cc1OC. The molecule has 0 amide bonds. The lowest BCUT2D eigenvalue weighted by molar-refractivity contribution is 0.351. The molecule has 1 aliphatic heterocycles. The Kier molecular flexibility index (Phi) is 5.11. The van der Waals surface area contributed by atoms with Crippen LogP contribution < -0.4 is 24.3 Å². The molecule has 0 unspecified atom stereocenters. The normalized spacial score (nSPS) is 17.8. The van der Waals surface area contributed by atoms with Crippen LogP contribution in [-0.2, 0) is 0 Å². The van der Waals surface area contributed by atoms with Crippen molar-refractivity contribution in [1.29, 1.82) is 0 Å². The van der Waals surface area contributed by atoms with Gasteiger partial charge in [0.25, 0.3) is 0 Å². The summed E-state index contributed by atoms with van der Waals surface area (Å²) < 4.78 is 23.4. The first-order valence-electron chi connectivity index (χ1n) is 9.16. The number of hydrogen-bond acceptors (Lipinski definition) is 8. The Morgan fingerprint density at radius 3 is 2.03 bits per heavy atom. The summed E-state index contributed by atoms with van der Waals surface area (Å²) in [4.78, 5) is 0. The number of nitrogens with one attached hydrogen (secondary N) is 1. The third-order valence-electron chi connectivity index (χ3n) is 5.15. The summed E-state index contributed by atoms with van der Waals surface area (Å²) in [6.07, 6.45) is 0.739. The molecule has 2 aromatic carbocycles. The Labute approximate surface area is 168 Å². The van der Waals surface area contributed by atoms with Crippen LogP contribution in [0.3, 0.4) is 0 Å². The van der Waals surface area contributed by atoms with Gasteiger partial charge in [-0.1, -0.05) is 17.2 Å². The number of nitrogens with zero attached hydrogens (tertiary/aromatic N) is 4. The third kappa shape index (κ3) is 3.39. The summed E-state index contributed by atoms with van der Waals surface area (Å²) in [6, 6.07) is 11.7. The van der Waals surface area contributed by atoms with Crippen molar-refractivity contribution in [3.05, 3.63) is 47.5 Å². The fraction of sp³-hybridized carbons (Fsp3) is 0.350. The molecule has 0 aliphatic carbocycles. The van der Waals surface area contributed by atoms with Crippen LogP contribution in [0.2, 0.25) is 0 Å². The molecule has 29 heavy (non-hydrogen) atoms. The number of aromatic nitrogens is 4. The molecule has 1 N–H and O–H groups in total. The maximum absolute atomic E-state index is 5.47. The van der Waals surface area contributed by atoms with E-state index in [9.17, 15) is 0 Å². The minimum absolute atomic E-state index is 0.00796. The zero-order chi connectivity index (χ0) is 20.4. The number of fused-ring (bicyclic) bond motifs is 1. The highest BCUT2D eigenvalue weighted by Gasteiger charge is 2.31. The van der Waals surface area contributed by atoms with Gasteiger partial charge in [0.1, 0.15) is 0 Å². The number of hydrogen-bond donors (Lipinski definition) is 1. The van der Waals surface area contributed by atoms with Gasteiger partial charge < -0.3 is 24.3 Å². The number of rotatable bonds is 6. The number of benzene rings is 2. The van der Waals surface area contributed by atoms with Crippen molar-refractivity contribution in [2.24, 2.45) is 0 Å². The summed E-state index contributed by atoms with van der Waals surface area (Å²) in [5, 5.41) is 15.6. The van der Waals surface area contributed by atoms with E-state index >= 15 is 0 Å². The molecule has 0 saturated carbocycles. The van der Waals surface area contributed by atoms with Crippen molar-refractivity contribution in [2.75, 3.05) is 33.8 Å². The average molecular weight is 397 g/mol. The van der Waals surface area contributed by atoms with Crippen LogP contribution in [0.5, 0.6) is 23.0 Å². The largest absolute Gasteiger partial charge is 0.493 e. The van der Waals surface area contributed by atoms with Crippen molar-refractivity contribution < 1.29 is 18.9 Å². The molecule has 152 valence electrons. The van der Waals surface area contributed by atoms with Crippen molar-refractivity contribution in [3.63, 3.8) is 0 Å². The van der Waals surface area contributed by atoms with E-state index in [-0.39, 0.29) is 12.1 Å². The van der Waals surface area contributed by atoms with Gasteiger partial charge in [-0.15, -0.1) is 0 Å². The lowest BCUT2D eigenvalue weighted by Crippen LogP contribution is -2.28.